The highest BCUT2D eigenvalue weighted by Gasteiger charge is 2.35. The number of hydrogen-bond donors (Lipinski definition) is 1. The maximum absolute atomic E-state index is 14.0. The number of hydrogen-bond acceptors (Lipinski definition) is 3. The zero-order valence-corrected chi connectivity index (χ0v) is 17.4. The summed E-state index contributed by atoms with van der Waals surface area (Å²) in [5.41, 5.74) is 1.57. The first-order valence-electron chi connectivity index (χ1n) is 9.50. The Balaban J connectivity index is 1.50. The van der Waals surface area contributed by atoms with Crippen molar-refractivity contribution in [1.29, 1.82) is 0 Å². The van der Waals surface area contributed by atoms with Crippen molar-refractivity contribution in [3.8, 4) is 5.69 Å². The number of aromatic nitrogens is 2. The zero-order valence-electron chi connectivity index (χ0n) is 15.8. The molecular formula is C22H21BrFN3O2. The number of nitrogens with one attached hydrogen (secondary N) is 1. The fourth-order valence-electron chi connectivity index (χ4n) is 3.69. The summed E-state index contributed by atoms with van der Waals surface area (Å²) < 4.78 is 21.9. The van der Waals surface area contributed by atoms with Crippen LogP contribution in [-0.2, 0) is 10.2 Å². The highest BCUT2D eigenvalue weighted by Crippen LogP contribution is 2.35. The van der Waals surface area contributed by atoms with E-state index >= 15 is 0 Å². The molecule has 0 atom stereocenters. The van der Waals surface area contributed by atoms with Gasteiger partial charge >= 0.3 is 0 Å². The number of amides is 1. The van der Waals surface area contributed by atoms with Gasteiger partial charge in [-0.2, -0.15) is 5.10 Å². The number of benzene rings is 2. The molecule has 7 heteroatoms. The van der Waals surface area contributed by atoms with Gasteiger partial charge in [0.05, 0.1) is 0 Å². The third kappa shape index (κ3) is 4.26. The van der Waals surface area contributed by atoms with Gasteiger partial charge in [-0.05, 0) is 48.7 Å². The molecule has 1 aromatic heterocycles. The lowest BCUT2D eigenvalue weighted by Gasteiger charge is -2.38. The second-order valence-electron chi connectivity index (χ2n) is 7.18. The molecule has 0 aliphatic carbocycles. The van der Waals surface area contributed by atoms with Crippen LogP contribution in [0.1, 0.15) is 28.9 Å². The Bertz CT molecular complexity index is 997. The van der Waals surface area contributed by atoms with Gasteiger partial charge in [0, 0.05) is 35.8 Å². The Morgan fingerprint density at radius 1 is 1.14 bits per heavy atom. The molecule has 3 aromatic rings. The first-order chi connectivity index (χ1) is 14.1. The molecule has 2 aromatic carbocycles. The van der Waals surface area contributed by atoms with Gasteiger partial charge in [-0.3, -0.25) is 4.79 Å². The van der Waals surface area contributed by atoms with E-state index in [-0.39, 0.29) is 22.8 Å². The van der Waals surface area contributed by atoms with Crippen LogP contribution in [0, 0.1) is 5.82 Å². The van der Waals surface area contributed by atoms with Gasteiger partial charge in [-0.25, -0.2) is 9.07 Å². The van der Waals surface area contributed by atoms with Crippen LogP contribution >= 0.6 is 15.9 Å². The van der Waals surface area contributed by atoms with Crippen LogP contribution in [-0.4, -0.2) is 35.4 Å². The predicted octanol–water partition coefficient (Wildman–Crippen LogP) is 4.25. The van der Waals surface area contributed by atoms with Gasteiger partial charge in [0.15, 0.2) is 5.69 Å². The number of carbonyl (C=O) groups is 1. The molecule has 29 heavy (non-hydrogen) atoms. The molecule has 1 fully saturated rings. The molecule has 5 nitrogen and oxygen atoms in total. The van der Waals surface area contributed by atoms with Gasteiger partial charge in [0.1, 0.15) is 11.5 Å². The third-order valence-electron chi connectivity index (χ3n) is 5.41. The molecule has 0 radical (unpaired) electrons. The van der Waals surface area contributed by atoms with Crippen LogP contribution in [0.4, 0.5) is 4.39 Å². The van der Waals surface area contributed by atoms with Crippen molar-refractivity contribution < 1.29 is 13.9 Å². The Hall–Kier alpha value is -2.51. The lowest BCUT2D eigenvalue weighted by Crippen LogP contribution is -2.44. The highest BCUT2D eigenvalue weighted by atomic mass is 79.9. The molecule has 0 spiro atoms. The SMILES string of the molecule is O=C(NCC1(c2ccc(Br)cc2)CCOCC1)c1ccn(-c2ccccc2F)n1. The summed E-state index contributed by atoms with van der Waals surface area (Å²) >= 11 is 3.47. The van der Waals surface area contributed by atoms with E-state index in [9.17, 15) is 9.18 Å². The topological polar surface area (TPSA) is 56.1 Å². The number of halogens is 2. The monoisotopic (exact) mass is 457 g/mol. The van der Waals surface area contributed by atoms with Crippen LogP contribution in [0.5, 0.6) is 0 Å². The van der Waals surface area contributed by atoms with E-state index in [1.807, 2.05) is 12.1 Å². The average Bonchev–Trinajstić information content (AvgIpc) is 3.24. The number of rotatable bonds is 5. The zero-order chi connectivity index (χ0) is 20.3. The van der Waals surface area contributed by atoms with E-state index in [1.165, 1.54) is 16.3 Å². The molecule has 0 unspecified atom stereocenters. The van der Waals surface area contributed by atoms with Crippen molar-refractivity contribution in [2.45, 2.75) is 18.3 Å². The van der Waals surface area contributed by atoms with Crippen molar-refractivity contribution in [3.05, 3.63) is 82.3 Å². The van der Waals surface area contributed by atoms with Crippen LogP contribution in [0.3, 0.4) is 0 Å². The molecule has 0 saturated carbocycles. The first-order valence-corrected chi connectivity index (χ1v) is 10.3. The smallest absolute Gasteiger partial charge is 0.271 e. The van der Waals surface area contributed by atoms with E-state index in [1.54, 1.807) is 30.5 Å². The summed E-state index contributed by atoms with van der Waals surface area (Å²) in [6.45, 7) is 1.81. The Morgan fingerprint density at radius 2 is 1.86 bits per heavy atom. The minimum atomic E-state index is -0.390. The summed E-state index contributed by atoms with van der Waals surface area (Å²) in [5, 5.41) is 7.27. The van der Waals surface area contributed by atoms with E-state index < -0.39 is 0 Å². The van der Waals surface area contributed by atoms with E-state index in [4.69, 9.17) is 4.74 Å². The summed E-state index contributed by atoms with van der Waals surface area (Å²) in [4.78, 5) is 12.7. The quantitative estimate of drug-likeness (QED) is 0.622. The second kappa shape index (κ2) is 8.47. The molecule has 4 rings (SSSR count). The van der Waals surface area contributed by atoms with Gasteiger partial charge in [0.2, 0.25) is 0 Å². The molecule has 1 aliphatic rings. The highest BCUT2D eigenvalue weighted by molar-refractivity contribution is 9.10. The van der Waals surface area contributed by atoms with Crippen LogP contribution in [0.15, 0.2) is 65.3 Å². The fraction of sp³-hybridized carbons (Fsp3) is 0.273. The third-order valence-corrected chi connectivity index (χ3v) is 5.94. The van der Waals surface area contributed by atoms with Crippen molar-refractivity contribution in [2.75, 3.05) is 19.8 Å². The summed E-state index contributed by atoms with van der Waals surface area (Å²) in [5.74, 6) is -0.665. The first kappa shape index (κ1) is 19.8. The minimum Gasteiger partial charge on any atom is -0.381 e. The number of carbonyl (C=O) groups excluding carboxylic acids is 1. The van der Waals surface area contributed by atoms with E-state index in [0.29, 0.717) is 25.4 Å². The lowest BCUT2D eigenvalue weighted by molar-refractivity contribution is 0.0486. The van der Waals surface area contributed by atoms with Gasteiger partial charge in [-0.1, -0.05) is 40.2 Å². The molecule has 150 valence electrons. The fourth-order valence-corrected chi connectivity index (χ4v) is 3.95. The Kier molecular flexibility index (Phi) is 5.78. The van der Waals surface area contributed by atoms with Crippen LogP contribution in [0.2, 0.25) is 0 Å². The molecule has 1 aliphatic heterocycles. The van der Waals surface area contributed by atoms with Crippen molar-refractivity contribution >= 4 is 21.8 Å². The average molecular weight is 458 g/mol. The van der Waals surface area contributed by atoms with Gasteiger partial charge < -0.3 is 10.1 Å². The maximum Gasteiger partial charge on any atom is 0.271 e. The molecule has 2 heterocycles. The molecule has 1 saturated heterocycles. The van der Waals surface area contributed by atoms with Gasteiger partial charge in [0.25, 0.3) is 5.91 Å². The second-order valence-corrected chi connectivity index (χ2v) is 8.09. The molecule has 1 amide bonds. The van der Waals surface area contributed by atoms with Crippen molar-refractivity contribution in [2.24, 2.45) is 0 Å². The summed E-state index contributed by atoms with van der Waals surface area (Å²) in [6, 6.07) is 16.1. The van der Waals surface area contributed by atoms with E-state index in [0.717, 1.165) is 17.3 Å². The predicted molar refractivity (Wildman–Crippen MR) is 112 cm³/mol. The molecule has 0 bridgehead atoms. The Labute approximate surface area is 177 Å². The number of ether oxygens (including phenoxy) is 1. The maximum atomic E-state index is 14.0. The summed E-state index contributed by atoms with van der Waals surface area (Å²) in [6.07, 6.45) is 3.25. The van der Waals surface area contributed by atoms with Crippen molar-refractivity contribution in [3.63, 3.8) is 0 Å². The number of para-hydroxylation sites is 1. The largest absolute Gasteiger partial charge is 0.381 e. The van der Waals surface area contributed by atoms with E-state index in [2.05, 4.69) is 38.5 Å². The lowest BCUT2D eigenvalue weighted by atomic mass is 9.74. The molecule has 1 N–H and O–H groups in total. The number of nitrogens with zero attached hydrogens (tertiary/aromatic N) is 2. The van der Waals surface area contributed by atoms with Crippen LogP contribution in [0.25, 0.3) is 5.69 Å². The Morgan fingerprint density at radius 3 is 2.59 bits per heavy atom. The van der Waals surface area contributed by atoms with Crippen LogP contribution < -0.4 is 5.32 Å². The normalized spacial score (nSPS) is 15.8. The summed E-state index contributed by atoms with van der Waals surface area (Å²) in [7, 11) is 0. The standard InChI is InChI=1S/C22H21BrFN3O2/c23-17-7-5-16(6-8-17)22(10-13-29-14-11-22)15-25-21(28)19-9-12-27(26-19)20-4-2-1-3-18(20)24/h1-9,12H,10-11,13-15H2,(H,25,28). The molecular weight excluding hydrogens is 437 g/mol. The van der Waals surface area contributed by atoms with Crippen molar-refractivity contribution in [1.82, 2.24) is 15.1 Å². The van der Waals surface area contributed by atoms with Gasteiger partial charge in [-0.15, -0.1) is 0 Å². The minimum absolute atomic E-state index is 0.178.